The molecule has 0 bridgehead atoms. The van der Waals surface area contributed by atoms with Gasteiger partial charge in [-0.3, -0.25) is 0 Å². The molecule has 0 saturated heterocycles. The largest absolute Gasteiger partial charge is 0.233 e. The summed E-state index contributed by atoms with van der Waals surface area (Å²) in [4.78, 5) is 13.5. The summed E-state index contributed by atoms with van der Waals surface area (Å²) in [7, 11) is 0. The highest BCUT2D eigenvalue weighted by Crippen LogP contribution is 2.28. The number of aromatic nitrogens is 1. The second-order valence-corrected chi connectivity index (χ2v) is 2.31. The Bertz CT molecular complexity index is 264. The summed E-state index contributed by atoms with van der Waals surface area (Å²) in [6.45, 7) is 0. The standard InChI is InChI=1S/C5H2Cl2N2O/c6-3-1-2-8-5(9-10)4(3)7/h1-2H. The van der Waals surface area contributed by atoms with Crippen molar-refractivity contribution in [2.24, 2.45) is 5.18 Å². The number of nitrogens with zero attached hydrogens (tertiary/aromatic N) is 2. The monoisotopic (exact) mass is 176 g/mol. The summed E-state index contributed by atoms with van der Waals surface area (Å²) in [5.41, 5.74) is 0. The fourth-order valence-electron chi connectivity index (χ4n) is 0.474. The normalized spacial score (nSPS) is 9.40. The van der Waals surface area contributed by atoms with Gasteiger partial charge in [0.2, 0.25) is 5.82 Å². The first-order valence-electron chi connectivity index (χ1n) is 2.39. The molecule has 0 fully saturated rings. The lowest BCUT2D eigenvalue weighted by Gasteiger charge is -1.93. The zero-order valence-electron chi connectivity index (χ0n) is 4.71. The van der Waals surface area contributed by atoms with E-state index in [0.717, 1.165) is 0 Å². The molecule has 3 nitrogen and oxygen atoms in total. The maximum absolute atomic E-state index is 9.92. The predicted octanol–water partition coefficient (Wildman–Crippen LogP) is 2.79. The van der Waals surface area contributed by atoms with Crippen molar-refractivity contribution in [3.63, 3.8) is 0 Å². The molecule has 0 aliphatic heterocycles. The van der Waals surface area contributed by atoms with Crippen molar-refractivity contribution < 1.29 is 0 Å². The van der Waals surface area contributed by atoms with Crippen LogP contribution in [-0.2, 0) is 0 Å². The maximum Gasteiger partial charge on any atom is 0.216 e. The second-order valence-electron chi connectivity index (χ2n) is 1.52. The van der Waals surface area contributed by atoms with Gasteiger partial charge in [0, 0.05) is 6.20 Å². The highest BCUT2D eigenvalue weighted by Gasteiger charge is 2.04. The molecule has 0 amide bonds. The highest BCUT2D eigenvalue weighted by molar-refractivity contribution is 6.43. The van der Waals surface area contributed by atoms with Gasteiger partial charge in [0.05, 0.1) is 5.02 Å². The Kier molecular flexibility index (Phi) is 2.19. The summed E-state index contributed by atoms with van der Waals surface area (Å²) in [5.74, 6) is -0.0748. The fraction of sp³-hybridized carbons (Fsp3) is 0. The van der Waals surface area contributed by atoms with Crippen LogP contribution >= 0.6 is 23.2 Å². The molecule has 1 heterocycles. The second kappa shape index (κ2) is 2.94. The first kappa shape index (κ1) is 7.44. The van der Waals surface area contributed by atoms with Crippen LogP contribution in [0, 0.1) is 4.91 Å². The Morgan fingerprint density at radius 2 is 2.20 bits per heavy atom. The molecule has 0 aliphatic carbocycles. The van der Waals surface area contributed by atoms with Gasteiger partial charge in [0.15, 0.2) is 0 Å². The molecule has 10 heavy (non-hydrogen) atoms. The Balaban J connectivity index is 3.27. The van der Waals surface area contributed by atoms with E-state index in [1.165, 1.54) is 12.3 Å². The molecule has 0 aromatic carbocycles. The molecule has 0 unspecified atom stereocenters. The van der Waals surface area contributed by atoms with Crippen LogP contribution < -0.4 is 0 Å². The lowest BCUT2D eigenvalue weighted by atomic mass is 10.5. The quantitative estimate of drug-likeness (QED) is 0.618. The maximum atomic E-state index is 9.92. The van der Waals surface area contributed by atoms with Crippen LogP contribution in [0.1, 0.15) is 0 Å². The topological polar surface area (TPSA) is 42.3 Å². The van der Waals surface area contributed by atoms with E-state index < -0.39 is 0 Å². The minimum absolute atomic E-state index is 0.0748. The van der Waals surface area contributed by atoms with Gasteiger partial charge in [0.1, 0.15) is 5.02 Å². The lowest BCUT2D eigenvalue weighted by Crippen LogP contribution is -1.74. The van der Waals surface area contributed by atoms with Crippen LogP contribution in [0.15, 0.2) is 17.4 Å². The minimum atomic E-state index is -0.0748. The van der Waals surface area contributed by atoms with Gasteiger partial charge in [-0.25, -0.2) is 4.98 Å². The first-order valence-corrected chi connectivity index (χ1v) is 3.14. The van der Waals surface area contributed by atoms with Crippen molar-refractivity contribution in [3.05, 3.63) is 27.2 Å². The molecular formula is C5H2Cl2N2O. The molecule has 0 N–H and O–H groups in total. The lowest BCUT2D eigenvalue weighted by molar-refractivity contribution is 1.27. The van der Waals surface area contributed by atoms with Crippen molar-refractivity contribution in [3.8, 4) is 0 Å². The average Bonchev–Trinajstić information content (AvgIpc) is 1.95. The van der Waals surface area contributed by atoms with Crippen LogP contribution in [0.2, 0.25) is 10.0 Å². The number of nitroso groups, excluding NO2 is 1. The fourth-order valence-corrected chi connectivity index (χ4v) is 0.761. The van der Waals surface area contributed by atoms with E-state index in [1.807, 2.05) is 0 Å². The Morgan fingerprint density at radius 3 is 2.70 bits per heavy atom. The molecule has 1 aromatic rings. The molecule has 0 spiro atoms. The number of hydrogen-bond donors (Lipinski definition) is 0. The molecule has 1 aromatic heterocycles. The highest BCUT2D eigenvalue weighted by atomic mass is 35.5. The molecule has 52 valence electrons. The van der Waals surface area contributed by atoms with Crippen LogP contribution in [-0.4, -0.2) is 4.98 Å². The van der Waals surface area contributed by atoms with Gasteiger partial charge in [-0.2, -0.15) is 0 Å². The van der Waals surface area contributed by atoms with Crippen LogP contribution in [0.4, 0.5) is 5.82 Å². The van der Waals surface area contributed by atoms with Gasteiger partial charge in [-0.05, 0) is 11.2 Å². The van der Waals surface area contributed by atoms with Crippen LogP contribution in [0.3, 0.4) is 0 Å². The average molecular weight is 177 g/mol. The zero-order valence-corrected chi connectivity index (χ0v) is 6.23. The van der Waals surface area contributed by atoms with E-state index in [1.54, 1.807) is 0 Å². The molecule has 0 atom stereocenters. The third kappa shape index (κ3) is 1.25. The van der Waals surface area contributed by atoms with Gasteiger partial charge in [0.25, 0.3) is 0 Å². The number of rotatable bonds is 1. The third-order valence-electron chi connectivity index (χ3n) is 0.910. The predicted molar refractivity (Wildman–Crippen MR) is 39.7 cm³/mol. The molecular weight excluding hydrogens is 175 g/mol. The summed E-state index contributed by atoms with van der Waals surface area (Å²) < 4.78 is 0. The van der Waals surface area contributed by atoms with Gasteiger partial charge < -0.3 is 0 Å². The molecule has 1 rings (SSSR count). The molecule has 5 heteroatoms. The number of pyridine rings is 1. The van der Waals surface area contributed by atoms with Gasteiger partial charge in [-0.15, -0.1) is 4.91 Å². The van der Waals surface area contributed by atoms with Crippen molar-refractivity contribution in [2.75, 3.05) is 0 Å². The Hall–Kier alpha value is -0.670. The zero-order chi connectivity index (χ0) is 7.56. The van der Waals surface area contributed by atoms with E-state index in [-0.39, 0.29) is 15.9 Å². The number of halogens is 2. The van der Waals surface area contributed by atoms with Crippen LogP contribution in [0.25, 0.3) is 0 Å². The number of hydrogen-bond acceptors (Lipinski definition) is 3. The third-order valence-corrected chi connectivity index (χ3v) is 1.69. The van der Waals surface area contributed by atoms with Gasteiger partial charge >= 0.3 is 0 Å². The Morgan fingerprint density at radius 1 is 1.50 bits per heavy atom. The van der Waals surface area contributed by atoms with Crippen molar-refractivity contribution >= 4 is 29.0 Å². The van der Waals surface area contributed by atoms with Crippen LogP contribution in [0.5, 0.6) is 0 Å². The SMILES string of the molecule is O=Nc1nccc(Cl)c1Cl. The van der Waals surface area contributed by atoms with Crippen molar-refractivity contribution in [2.45, 2.75) is 0 Å². The molecule has 0 saturated carbocycles. The summed E-state index contributed by atoms with van der Waals surface area (Å²) >= 11 is 11.0. The van der Waals surface area contributed by atoms with Crippen molar-refractivity contribution in [1.29, 1.82) is 0 Å². The Labute approximate surface area is 67.0 Å². The first-order chi connectivity index (χ1) is 4.75. The van der Waals surface area contributed by atoms with Crippen molar-refractivity contribution in [1.82, 2.24) is 4.98 Å². The van der Waals surface area contributed by atoms with E-state index in [0.29, 0.717) is 0 Å². The van der Waals surface area contributed by atoms with E-state index in [2.05, 4.69) is 10.2 Å². The molecule has 0 aliphatic rings. The van der Waals surface area contributed by atoms with E-state index >= 15 is 0 Å². The van der Waals surface area contributed by atoms with Gasteiger partial charge in [-0.1, -0.05) is 23.2 Å². The summed E-state index contributed by atoms with van der Waals surface area (Å²) in [6.07, 6.45) is 1.37. The summed E-state index contributed by atoms with van der Waals surface area (Å²) in [6, 6.07) is 1.48. The summed E-state index contributed by atoms with van der Waals surface area (Å²) in [5, 5.41) is 2.93. The van der Waals surface area contributed by atoms with E-state index in [9.17, 15) is 4.91 Å². The molecule has 0 radical (unpaired) electrons. The minimum Gasteiger partial charge on any atom is -0.233 e. The van der Waals surface area contributed by atoms with E-state index in [4.69, 9.17) is 23.2 Å². The smallest absolute Gasteiger partial charge is 0.216 e.